The predicted molar refractivity (Wildman–Crippen MR) is 123 cm³/mol. The van der Waals surface area contributed by atoms with E-state index in [1.807, 2.05) is 24.0 Å². The first-order valence-electron chi connectivity index (χ1n) is 11.7. The van der Waals surface area contributed by atoms with E-state index < -0.39 is 11.7 Å². The van der Waals surface area contributed by atoms with Gasteiger partial charge >= 0.3 is 6.18 Å². The lowest BCUT2D eigenvalue weighted by molar-refractivity contribution is -0.137. The molecule has 0 radical (unpaired) electrons. The van der Waals surface area contributed by atoms with Gasteiger partial charge in [0.2, 0.25) is 0 Å². The maximum absolute atomic E-state index is 13.8. The molecule has 3 aromatic rings. The molecular weight excluding hydrogens is 458 g/mol. The van der Waals surface area contributed by atoms with E-state index in [0.29, 0.717) is 47.6 Å². The van der Waals surface area contributed by atoms with Gasteiger partial charge in [0.25, 0.3) is 5.91 Å². The van der Waals surface area contributed by atoms with Crippen molar-refractivity contribution in [2.75, 3.05) is 6.54 Å². The van der Waals surface area contributed by atoms with Crippen LogP contribution < -0.4 is 0 Å². The Kier molecular flexibility index (Phi) is 5.85. The molecule has 4 nitrogen and oxygen atoms in total. The molecule has 2 aromatic heterocycles. The van der Waals surface area contributed by atoms with Gasteiger partial charge in [-0.2, -0.15) is 13.2 Å². The summed E-state index contributed by atoms with van der Waals surface area (Å²) >= 11 is 0. The van der Waals surface area contributed by atoms with Crippen molar-refractivity contribution in [1.82, 2.24) is 14.9 Å². The van der Waals surface area contributed by atoms with Crippen molar-refractivity contribution in [3.63, 3.8) is 0 Å². The minimum atomic E-state index is -4.42. The second kappa shape index (κ2) is 8.73. The maximum Gasteiger partial charge on any atom is 0.417 e. The van der Waals surface area contributed by atoms with Gasteiger partial charge in [-0.25, -0.2) is 9.37 Å². The van der Waals surface area contributed by atoms with Gasteiger partial charge < -0.3 is 4.90 Å². The molecule has 1 aliphatic heterocycles. The molecule has 5 rings (SSSR count). The van der Waals surface area contributed by atoms with Crippen molar-refractivity contribution in [2.24, 2.45) is 5.41 Å². The first-order valence-corrected chi connectivity index (χ1v) is 11.7. The van der Waals surface area contributed by atoms with E-state index in [4.69, 9.17) is 0 Å². The lowest BCUT2D eigenvalue weighted by Crippen LogP contribution is -2.37. The second-order valence-corrected chi connectivity index (χ2v) is 9.72. The van der Waals surface area contributed by atoms with Gasteiger partial charge in [0.15, 0.2) is 0 Å². The lowest BCUT2D eigenvalue weighted by atomic mass is 9.99. The topological polar surface area (TPSA) is 46.1 Å². The largest absolute Gasteiger partial charge is 0.417 e. The molecule has 182 valence electrons. The summed E-state index contributed by atoms with van der Waals surface area (Å²) < 4.78 is 52.0. The smallest absolute Gasteiger partial charge is 0.334 e. The molecule has 0 unspecified atom stereocenters. The van der Waals surface area contributed by atoms with Crippen molar-refractivity contribution < 1.29 is 22.4 Å². The quantitative estimate of drug-likeness (QED) is 0.404. The first-order chi connectivity index (χ1) is 16.6. The minimum Gasteiger partial charge on any atom is -0.334 e. The fourth-order valence-electron chi connectivity index (χ4n) is 4.97. The van der Waals surface area contributed by atoms with Crippen LogP contribution >= 0.6 is 0 Å². The zero-order chi connectivity index (χ0) is 24.8. The Morgan fingerprint density at radius 3 is 2.46 bits per heavy atom. The van der Waals surface area contributed by atoms with Gasteiger partial charge in [0.1, 0.15) is 11.5 Å². The highest BCUT2D eigenvalue weighted by molar-refractivity contribution is 5.99. The number of pyridine rings is 2. The lowest BCUT2D eigenvalue weighted by Gasteiger charge is -2.25. The molecule has 1 aromatic carbocycles. The van der Waals surface area contributed by atoms with Gasteiger partial charge in [-0.3, -0.25) is 9.78 Å². The summed E-state index contributed by atoms with van der Waals surface area (Å²) in [6.45, 7) is 2.47. The second-order valence-electron chi connectivity index (χ2n) is 9.72. The van der Waals surface area contributed by atoms with Gasteiger partial charge in [0.05, 0.1) is 5.56 Å². The molecular formula is C27H25F4N3O. The number of nitrogens with zero attached hydrogens (tertiary/aromatic N) is 3. The summed E-state index contributed by atoms with van der Waals surface area (Å²) in [6, 6.07) is 12.1. The maximum atomic E-state index is 13.8. The van der Waals surface area contributed by atoms with Crippen LogP contribution in [0, 0.1) is 18.2 Å². The Morgan fingerprint density at radius 1 is 1.09 bits per heavy atom. The SMILES string of the molecule is Cc1ccc(-c2ccc(F)cc2)c(C(=O)N2CC3(CC3)C[C@H]2CCc2ccc(C(F)(F)F)cn2)n1. The number of aryl methyl sites for hydroxylation is 2. The minimum absolute atomic E-state index is 0.0440. The van der Waals surface area contributed by atoms with Crippen LogP contribution in [0.15, 0.2) is 54.7 Å². The zero-order valence-corrected chi connectivity index (χ0v) is 19.3. The Balaban J connectivity index is 1.38. The molecule has 8 heteroatoms. The number of likely N-dealkylation sites (tertiary alicyclic amines) is 1. The number of hydrogen-bond acceptors (Lipinski definition) is 3. The highest BCUT2D eigenvalue weighted by atomic mass is 19.4. The number of carbonyl (C=O) groups excluding carboxylic acids is 1. The third kappa shape index (κ3) is 4.92. The van der Waals surface area contributed by atoms with E-state index in [9.17, 15) is 22.4 Å². The van der Waals surface area contributed by atoms with Crippen molar-refractivity contribution in [1.29, 1.82) is 0 Å². The molecule has 3 heterocycles. The van der Waals surface area contributed by atoms with E-state index in [-0.39, 0.29) is 23.2 Å². The number of benzene rings is 1. The van der Waals surface area contributed by atoms with E-state index in [2.05, 4.69) is 9.97 Å². The highest BCUT2D eigenvalue weighted by Crippen LogP contribution is 2.55. The van der Waals surface area contributed by atoms with E-state index in [1.165, 1.54) is 18.2 Å². The summed E-state index contributed by atoms with van der Waals surface area (Å²) in [5.41, 5.74) is 2.36. The average molecular weight is 484 g/mol. The zero-order valence-electron chi connectivity index (χ0n) is 19.3. The van der Waals surface area contributed by atoms with Crippen LogP contribution in [0.3, 0.4) is 0 Å². The van der Waals surface area contributed by atoms with Crippen LogP contribution in [0.1, 0.15) is 53.1 Å². The van der Waals surface area contributed by atoms with Crippen LogP contribution in [-0.4, -0.2) is 33.4 Å². The molecule has 1 amide bonds. The summed E-state index contributed by atoms with van der Waals surface area (Å²) in [5.74, 6) is -0.518. The molecule has 1 aliphatic carbocycles. The third-order valence-corrected chi connectivity index (χ3v) is 7.11. The van der Waals surface area contributed by atoms with Crippen molar-refractivity contribution in [2.45, 2.75) is 51.2 Å². The normalized spacial score (nSPS) is 18.8. The van der Waals surface area contributed by atoms with Crippen molar-refractivity contribution in [3.8, 4) is 11.1 Å². The summed E-state index contributed by atoms with van der Waals surface area (Å²) in [7, 11) is 0. The molecule has 0 bridgehead atoms. The summed E-state index contributed by atoms with van der Waals surface area (Å²) in [5, 5.41) is 0. The number of rotatable bonds is 5. The molecule has 2 fully saturated rings. The number of aromatic nitrogens is 2. The Labute approximate surface area is 201 Å². The Morgan fingerprint density at radius 2 is 1.83 bits per heavy atom. The number of amides is 1. The first kappa shape index (κ1) is 23.5. The van der Waals surface area contributed by atoms with Gasteiger partial charge in [0, 0.05) is 35.7 Å². The van der Waals surface area contributed by atoms with Crippen LogP contribution in [0.5, 0.6) is 0 Å². The van der Waals surface area contributed by atoms with Crippen LogP contribution in [-0.2, 0) is 12.6 Å². The molecule has 1 atom stereocenters. The summed E-state index contributed by atoms with van der Waals surface area (Å²) in [4.78, 5) is 24.2. The molecule has 1 saturated heterocycles. The highest BCUT2D eigenvalue weighted by Gasteiger charge is 2.53. The third-order valence-electron chi connectivity index (χ3n) is 7.11. The van der Waals surface area contributed by atoms with Crippen molar-refractivity contribution in [3.05, 3.63) is 83.2 Å². The number of carbonyl (C=O) groups is 1. The van der Waals surface area contributed by atoms with Gasteiger partial charge in [-0.15, -0.1) is 0 Å². The van der Waals surface area contributed by atoms with Gasteiger partial charge in [-0.05, 0) is 80.3 Å². The molecule has 2 aliphatic rings. The molecule has 1 spiro atoms. The summed E-state index contributed by atoms with van der Waals surface area (Å²) in [6.07, 6.45) is 0.549. The number of halogens is 4. The molecule has 1 saturated carbocycles. The molecule has 0 N–H and O–H groups in total. The van der Waals surface area contributed by atoms with E-state index >= 15 is 0 Å². The van der Waals surface area contributed by atoms with E-state index in [1.54, 1.807) is 12.1 Å². The monoisotopic (exact) mass is 483 g/mol. The fraction of sp³-hybridized carbons (Fsp3) is 0.370. The average Bonchev–Trinajstić information content (AvgIpc) is 3.48. The molecule has 35 heavy (non-hydrogen) atoms. The van der Waals surface area contributed by atoms with E-state index in [0.717, 1.165) is 31.5 Å². The standard InChI is InChI=1S/C27H25F4N3O/c1-17-2-11-23(18-3-6-20(28)7-4-18)24(33-17)25(35)34-16-26(12-13-26)14-22(34)10-9-21-8-5-19(15-32-21)27(29,30)31/h2-8,11,15,22H,9-10,12-14,16H2,1H3/t22-/m1/s1. The fourth-order valence-corrected chi connectivity index (χ4v) is 4.97. The van der Waals surface area contributed by atoms with Crippen LogP contribution in [0.2, 0.25) is 0 Å². The predicted octanol–water partition coefficient (Wildman–Crippen LogP) is 6.24. The van der Waals surface area contributed by atoms with Gasteiger partial charge in [-0.1, -0.05) is 18.2 Å². The number of alkyl halides is 3. The van der Waals surface area contributed by atoms with Crippen LogP contribution in [0.25, 0.3) is 11.1 Å². The van der Waals surface area contributed by atoms with Crippen LogP contribution in [0.4, 0.5) is 17.6 Å². The number of hydrogen-bond donors (Lipinski definition) is 0. The Bertz CT molecular complexity index is 1230. The van der Waals surface area contributed by atoms with Crippen molar-refractivity contribution >= 4 is 5.91 Å². The Hall–Kier alpha value is -3.29.